The van der Waals surface area contributed by atoms with E-state index in [0.29, 0.717) is 16.8 Å². The smallest absolute Gasteiger partial charge is 0.101 e. The summed E-state index contributed by atoms with van der Waals surface area (Å²) in [5, 5.41) is 26.5. The number of nitriles is 2. The molecule has 3 heteroatoms. The van der Waals surface area contributed by atoms with Crippen molar-refractivity contribution in [2.45, 2.75) is 0 Å². The van der Waals surface area contributed by atoms with Crippen molar-refractivity contribution in [1.29, 1.82) is 10.5 Å². The monoisotopic (exact) mass is 393 g/mol. The van der Waals surface area contributed by atoms with Crippen molar-refractivity contribution >= 4 is 43.4 Å². The van der Waals surface area contributed by atoms with Gasteiger partial charge in [0, 0.05) is 21.5 Å². The summed E-state index contributed by atoms with van der Waals surface area (Å²) < 4.78 is 2.13. The highest BCUT2D eigenvalue weighted by atomic mass is 15.0. The van der Waals surface area contributed by atoms with E-state index in [9.17, 15) is 10.5 Å². The fourth-order valence-corrected chi connectivity index (χ4v) is 4.73. The Kier molecular flexibility index (Phi) is 3.60. The number of aromatic nitrogens is 1. The zero-order valence-electron chi connectivity index (χ0n) is 16.5. The van der Waals surface area contributed by atoms with Gasteiger partial charge in [-0.15, -0.1) is 0 Å². The third kappa shape index (κ3) is 2.32. The van der Waals surface area contributed by atoms with Crippen LogP contribution in [0.15, 0.2) is 91.0 Å². The summed E-state index contributed by atoms with van der Waals surface area (Å²) in [5.41, 5.74) is 3.64. The van der Waals surface area contributed by atoms with Crippen molar-refractivity contribution in [3.05, 3.63) is 102 Å². The normalized spacial score (nSPS) is 11.2. The third-order valence-electron chi connectivity index (χ3n) is 6.04. The highest BCUT2D eigenvalue weighted by Gasteiger charge is 2.21. The number of hydrogen-bond donors (Lipinski definition) is 0. The molecule has 0 spiro atoms. The maximum absolute atomic E-state index is 9.94. The highest BCUT2D eigenvalue weighted by Crippen LogP contribution is 2.40. The van der Waals surface area contributed by atoms with Crippen LogP contribution >= 0.6 is 0 Å². The van der Waals surface area contributed by atoms with E-state index in [0.717, 1.165) is 43.4 Å². The second kappa shape index (κ2) is 6.46. The molecule has 6 aromatic rings. The Morgan fingerprint density at radius 2 is 0.968 bits per heavy atom. The molecule has 0 N–H and O–H groups in total. The van der Waals surface area contributed by atoms with Gasteiger partial charge in [0.1, 0.15) is 12.1 Å². The second-order valence-corrected chi connectivity index (χ2v) is 7.63. The molecule has 0 fully saturated rings. The SMILES string of the molecule is N#Cc1cccc(C#N)c1-n1c2c3ccccc3ccc2c2ccc3ccccc3c21. The van der Waals surface area contributed by atoms with E-state index in [-0.39, 0.29) is 0 Å². The maximum atomic E-state index is 9.94. The molecule has 1 aromatic heterocycles. The van der Waals surface area contributed by atoms with Gasteiger partial charge < -0.3 is 4.57 Å². The fraction of sp³-hybridized carbons (Fsp3) is 0. The minimum atomic E-state index is 0.485. The molecular weight excluding hydrogens is 378 g/mol. The first-order valence-corrected chi connectivity index (χ1v) is 10.1. The van der Waals surface area contributed by atoms with Crippen molar-refractivity contribution in [2.24, 2.45) is 0 Å². The van der Waals surface area contributed by atoms with E-state index < -0.39 is 0 Å². The van der Waals surface area contributed by atoms with E-state index in [2.05, 4.69) is 65.2 Å². The summed E-state index contributed by atoms with van der Waals surface area (Å²) in [5.74, 6) is 0. The third-order valence-corrected chi connectivity index (χ3v) is 6.04. The standard InChI is InChI=1S/C28H15N3/c29-16-20-8-5-9-21(17-30)26(20)31-27-22-10-3-1-6-18(22)12-14-24(27)25-15-13-19-7-2-4-11-23(19)28(25)31/h1-15H. The molecule has 0 amide bonds. The van der Waals surface area contributed by atoms with Crippen molar-refractivity contribution in [1.82, 2.24) is 4.57 Å². The first kappa shape index (κ1) is 17.3. The van der Waals surface area contributed by atoms with Gasteiger partial charge in [-0.05, 0) is 22.9 Å². The van der Waals surface area contributed by atoms with Gasteiger partial charge in [0.2, 0.25) is 0 Å². The number of rotatable bonds is 1. The number of hydrogen-bond acceptors (Lipinski definition) is 2. The molecular formula is C28H15N3. The van der Waals surface area contributed by atoms with Crippen LogP contribution in [-0.2, 0) is 0 Å². The van der Waals surface area contributed by atoms with Crippen LogP contribution in [0.4, 0.5) is 0 Å². The molecule has 0 radical (unpaired) electrons. The number of nitrogens with zero attached hydrogens (tertiary/aromatic N) is 3. The van der Waals surface area contributed by atoms with Crippen LogP contribution in [-0.4, -0.2) is 4.57 Å². The molecule has 6 rings (SSSR count). The molecule has 5 aromatic carbocycles. The van der Waals surface area contributed by atoms with Crippen LogP contribution in [0.25, 0.3) is 49.0 Å². The lowest BCUT2D eigenvalue weighted by Gasteiger charge is -2.14. The van der Waals surface area contributed by atoms with Crippen molar-refractivity contribution < 1.29 is 0 Å². The van der Waals surface area contributed by atoms with E-state index in [1.165, 1.54) is 0 Å². The molecule has 0 aliphatic carbocycles. The average Bonchev–Trinajstić information content (AvgIpc) is 3.18. The maximum Gasteiger partial charge on any atom is 0.101 e. The minimum Gasteiger partial charge on any atom is -0.305 e. The molecule has 0 aliphatic rings. The summed E-state index contributed by atoms with van der Waals surface area (Å²) in [6.45, 7) is 0. The van der Waals surface area contributed by atoms with E-state index in [1.807, 2.05) is 24.3 Å². The summed E-state index contributed by atoms with van der Waals surface area (Å²) in [6.07, 6.45) is 0. The van der Waals surface area contributed by atoms with Gasteiger partial charge in [-0.2, -0.15) is 10.5 Å². The Morgan fingerprint density at radius 3 is 1.45 bits per heavy atom. The van der Waals surface area contributed by atoms with Gasteiger partial charge in [-0.25, -0.2) is 0 Å². The largest absolute Gasteiger partial charge is 0.305 e. The number of para-hydroxylation sites is 1. The summed E-state index contributed by atoms with van der Waals surface area (Å²) in [6, 6.07) is 35.0. The van der Waals surface area contributed by atoms with Crippen LogP contribution in [0.3, 0.4) is 0 Å². The Hall–Kier alpha value is -4.60. The predicted octanol–water partition coefficient (Wildman–Crippen LogP) is 6.83. The summed E-state index contributed by atoms with van der Waals surface area (Å²) in [4.78, 5) is 0. The lowest BCUT2D eigenvalue weighted by Crippen LogP contribution is -2.02. The zero-order chi connectivity index (χ0) is 20.9. The first-order valence-electron chi connectivity index (χ1n) is 10.1. The molecule has 0 saturated heterocycles. The lowest BCUT2D eigenvalue weighted by molar-refractivity contribution is 1.17. The Labute approximate surface area is 178 Å². The quantitative estimate of drug-likeness (QED) is 0.307. The molecule has 0 atom stereocenters. The summed E-state index contributed by atoms with van der Waals surface area (Å²) >= 11 is 0. The zero-order valence-corrected chi connectivity index (χ0v) is 16.5. The van der Waals surface area contributed by atoms with Crippen LogP contribution in [0.5, 0.6) is 0 Å². The number of fused-ring (bicyclic) bond motifs is 7. The molecule has 142 valence electrons. The molecule has 3 nitrogen and oxygen atoms in total. The van der Waals surface area contributed by atoms with Crippen LogP contribution in [0.1, 0.15) is 11.1 Å². The van der Waals surface area contributed by atoms with Crippen molar-refractivity contribution in [3.63, 3.8) is 0 Å². The predicted molar refractivity (Wildman–Crippen MR) is 125 cm³/mol. The Balaban J connectivity index is 2.00. The Bertz CT molecular complexity index is 1630. The van der Waals surface area contributed by atoms with Crippen molar-refractivity contribution in [2.75, 3.05) is 0 Å². The second-order valence-electron chi connectivity index (χ2n) is 7.63. The van der Waals surface area contributed by atoms with E-state index >= 15 is 0 Å². The van der Waals surface area contributed by atoms with Gasteiger partial charge >= 0.3 is 0 Å². The molecule has 0 unspecified atom stereocenters. The van der Waals surface area contributed by atoms with Gasteiger partial charge in [0.15, 0.2) is 0 Å². The molecule has 0 bridgehead atoms. The van der Waals surface area contributed by atoms with E-state index in [1.54, 1.807) is 18.2 Å². The van der Waals surface area contributed by atoms with Crippen molar-refractivity contribution in [3.8, 4) is 17.8 Å². The van der Waals surface area contributed by atoms with Crippen LogP contribution in [0, 0.1) is 22.7 Å². The van der Waals surface area contributed by atoms with Crippen LogP contribution in [0.2, 0.25) is 0 Å². The van der Waals surface area contributed by atoms with Gasteiger partial charge in [0.25, 0.3) is 0 Å². The first-order chi connectivity index (χ1) is 15.3. The number of benzene rings is 5. The molecule has 31 heavy (non-hydrogen) atoms. The fourth-order valence-electron chi connectivity index (χ4n) is 4.73. The average molecular weight is 393 g/mol. The molecule has 0 aliphatic heterocycles. The molecule has 1 heterocycles. The Morgan fingerprint density at radius 1 is 0.484 bits per heavy atom. The van der Waals surface area contributed by atoms with E-state index in [4.69, 9.17) is 0 Å². The molecule has 0 saturated carbocycles. The van der Waals surface area contributed by atoms with Crippen LogP contribution < -0.4 is 0 Å². The van der Waals surface area contributed by atoms with Gasteiger partial charge in [0.05, 0.1) is 27.8 Å². The minimum absolute atomic E-state index is 0.485. The lowest BCUT2D eigenvalue weighted by atomic mass is 10.0. The van der Waals surface area contributed by atoms with Gasteiger partial charge in [-0.1, -0.05) is 78.9 Å². The highest BCUT2D eigenvalue weighted by molar-refractivity contribution is 6.24. The van der Waals surface area contributed by atoms with Gasteiger partial charge in [-0.3, -0.25) is 0 Å². The topological polar surface area (TPSA) is 52.5 Å². The summed E-state index contributed by atoms with van der Waals surface area (Å²) in [7, 11) is 0.